The first-order chi connectivity index (χ1) is 8.00. The van der Waals surface area contributed by atoms with Crippen molar-refractivity contribution in [3.8, 4) is 0 Å². The smallest absolute Gasteiger partial charge is 0.0861 e. The first kappa shape index (κ1) is 12.5. The molecule has 0 spiro atoms. The lowest BCUT2D eigenvalue weighted by Gasteiger charge is -2.24. The summed E-state index contributed by atoms with van der Waals surface area (Å²) in [5.74, 6) is 0.508. The van der Waals surface area contributed by atoms with Crippen molar-refractivity contribution >= 4 is 0 Å². The Morgan fingerprint density at radius 2 is 1.94 bits per heavy atom. The van der Waals surface area contributed by atoms with Crippen LogP contribution in [0.3, 0.4) is 0 Å². The van der Waals surface area contributed by atoms with E-state index in [0.717, 1.165) is 11.1 Å². The number of hydrogen-bond acceptors (Lipinski definition) is 3. The molecule has 0 amide bonds. The van der Waals surface area contributed by atoms with Crippen LogP contribution < -0.4 is 0 Å². The maximum absolute atomic E-state index is 10.5. The van der Waals surface area contributed by atoms with E-state index >= 15 is 0 Å². The third-order valence-corrected chi connectivity index (χ3v) is 3.92. The Kier molecular flexibility index (Phi) is 3.50. The van der Waals surface area contributed by atoms with Gasteiger partial charge in [-0.15, -0.1) is 0 Å². The standard InChI is InChI=1S/C14H21NO2/c1-8-5-12(7-15-6-8)14(16)13-9(2)10(3)17-11(13)4/h5-7,9-11,13-14,16H,1-4H3. The van der Waals surface area contributed by atoms with E-state index in [9.17, 15) is 5.11 Å². The number of hydrogen-bond donors (Lipinski definition) is 1. The predicted octanol–water partition coefficient (Wildman–Crippen LogP) is 2.48. The summed E-state index contributed by atoms with van der Waals surface area (Å²) in [6, 6.07) is 2.00. The highest BCUT2D eigenvalue weighted by Crippen LogP contribution is 2.40. The number of aryl methyl sites for hydroxylation is 1. The molecule has 1 aliphatic heterocycles. The Labute approximate surface area is 103 Å². The van der Waals surface area contributed by atoms with E-state index in [1.807, 2.05) is 19.9 Å². The van der Waals surface area contributed by atoms with E-state index in [1.165, 1.54) is 0 Å². The van der Waals surface area contributed by atoms with Crippen LogP contribution in [0.5, 0.6) is 0 Å². The van der Waals surface area contributed by atoms with Gasteiger partial charge < -0.3 is 9.84 Å². The van der Waals surface area contributed by atoms with Crippen molar-refractivity contribution in [3.05, 3.63) is 29.6 Å². The van der Waals surface area contributed by atoms with E-state index in [2.05, 4.69) is 18.8 Å². The monoisotopic (exact) mass is 235 g/mol. The second kappa shape index (κ2) is 4.75. The summed E-state index contributed by atoms with van der Waals surface area (Å²) in [5.41, 5.74) is 1.97. The second-order valence-corrected chi connectivity index (χ2v) is 5.22. The van der Waals surface area contributed by atoms with E-state index in [0.29, 0.717) is 5.92 Å². The van der Waals surface area contributed by atoms with Gasteiger partial charge in [0.2, 0.25) is 0 Å². The molecule has 0 saturated carbocycles. The molecule has 5 atom stereocenters. The topological polar surface area (TPSA) is 42.4 Å². The average Bonchev–Trinajstić information content (AvgIpc) is 2.52. The highest BCUT2D eigenvalue weighted by Gasteiger charge is 2.41. The minimum absolute atomic E-state index is 0.0931. The van der Waals surface area contributed by atoms with Crippen LogP contribution in [0, 0.1) is 18.8 Å². The van der Waals surface area contributed by atoms with Crippen molar-refractivity contribution in [2.24, 2.45) is 11.8 Å². The van der Waals surface area contributed by atoms with Gasteiger partial charge in [0.15, 0.2) is 0 Å². The molecular weight excluding hydrogens is 214 g/mol. The Morgan fingerprint density at radius 1 is 1.24 bits per heavy atom. The summed E-state index contributed by atoms with van der Waals surface area (Å²) in [7, 11) is 0. The van der Waals surface area contributed by atoms with Crippen molar-refractivity contribution in [2.75, 3.05) is 0 Å². The summed E-state index contributed by atoms with van der Waals surface area (Å²) in [6.07, 6.45) is 3.37. The van der Waals surface area contributed by atoms with Gasteiger partial charge in [-0.25, -0.2) is 0 Å². The Balaban J connectivity index is 2.22. The van der Waals surface area contributed by atoms with Gasteiger partial charge in [-0.3, -0.25) is 4.98 Å². The Hall–Kier alpha value is -0.930. The van der Waals surface area contributed by atoms with Gasteiger partial charge in [0.05, 0.1) is 18.3 Å². The minimum atomic E-state index is -0.489. The first-order valence-corrected chi connectivity index (χ1v) is 6.25. The number of rotatable bonds is 2. The Bertz CT molecular complexity index is 394. The molecule has 94 valence electrons. The Morgan fingerprint density at radius 3 is 2.47 bits per heavy atom. The van der Waals surface area contributed by atoms with Crippen molar-refractivity contribution in [1.82, 2.24) is 4.98 Å². The van der Waals surface area contributed by atoms with Gasteiger partial charge in [-0.05, 0) is 37.8 Å². The molecule has 1 N–H and O–H groups in total. The molecule has 17 heavy (non-hydrogen) atoms. The van der Waals surface area contributed by atoms with Crippen molar-refractivity contribution in [1.29, 1.82) is 0 Å². The summed E-state index contributed by atoms with van der Waals surface area (Å²) < 4.78 is 5.78. The minimum Gasteiger partial charge on any atom is -0.388 e. The van der Waals surface area contributed by atoms with Gasteiger partial charge >= 0.3 is 0 Å². The molecule has 1 aromatic heterocycles. The quantitative estimate of drug-likeness (QED) is 0.856. The molecule has 1 aliphatic rings. The molecule has 0 radical (unpaired) electrons. The molecule has 0 bridgehead atoms. The number of aliphatic hydroxyl groups excluding tert-OH is 1. The molecule has 2 heterocycles. The number of aromatic nitrogens is 1. The van der Waals surface area contributed by atoms with E-state index in [1.54, 1.807) is 12.4 Å². The maximum Gasteiger partial charge on any atom is 0.0861 e. The van der Waals surface area contributed by atoms with Gasteiger partial charge in [-0.2, -0.15) is 0 Å². The van der Waals surface area contributed by atoms with Crippen molar-refractivity contribution in [2.45, 2.75) is 46.0 Å². The zero-order valence-corrected chi connectivity index (χ0v) is 10.9. The first-order valence-electron chi connectivity index (χ1n) is 6.25. The second-order valence-electron chi connectivity index (χ2n) is 5.22. The molecule has 1 saturated heterocycles. The van der Waals surface area contributed by atoms with E-state index < -0.39 is 6.10 Å². The zero-order chi connectivity index (χ0) is 12.6. The molecule has 1 aromatic rings. The molecule has 0 aliphatic carbocycles. The third-order valence-electron chi connectivity index (χ3n) is 3.92. The van der Waals surface area contributed by atoms with Crippen LogP contribution in [0.2, 0.25) is 0 Å². The lowest BCUT2D eigenvalue weighted by atomic mass is 9.82. The van der Waals surface area contributed by atoms with Crippen molar-refractivity contribution < 1.29 is 9.84 Å². The van der Waals surface area contributed by atoms with E-state index in [-0.39, 0.29) is 18.1 Å². The fourth-order valence-electron chi connectivity index (χ4n) is 2.80. The maximum atomic E-state index is 10.5. The molecule has 1 fully saturated rings. The molecule has 5 unspecified atom stereocenters. The van der Waals surface area contributed by atoms with Gasteiger partial charge in [0.25, 0.3) is 0 Å². The normalized spacial score (nSPS) is 34.9. The van der Waals surface area contributed by atoms with Gasteiger partial charge in [-0.1, -0.05) is 13.0 Å². The van der Waals surface area contributed by atoms with Crippen LogP contribution in [-0.4, -0.2) is 22.3 Å². The number of nitrogens with zero attached hydrogens (tertiary/aromatic N) is 1. The van der Waals surface area contributed by atoms with Gasteiger partial charge in [0.1, 0.15) is 0 Å². The summed E-state index contributed by atoms with van der Waals surface area (Å²) in [5, 5.41) is 10.5. The van der Waals surface area contributed by atoms with Crippen LogP contribution in [0.4, 0.5) is 0 Å². The molecule has 2 rings (SSSR count). The number of aliphatic hydroxyl groups is 1. The predicted molar refractivity (Wildman–Crippen MR) is 66.6 cm³/mol. The lowest BCUT2D eigenvalue weighted by molar-refractivity contribution is 0.0230. The van der Waals surface area contributed by atoms with Crippen molar-refractivity contribution in [3.63, 3.8) is 0 Å². The SMILES string of the molecule is Cc1cncc(C(O)C2C(C)OC(C)C2C)c1. The fraction of sp³-hybridized carbons (Fsp3) is 0.643. The molecule has 3 heteroatoms. The van der Waals surface area contributed by atoms with Gasteiger partial charge in [0, 0.05) is 18.3 Å². The highest BCUT2D eigenvalue weighted by molar-refractivity contribution is 5.20. The highest BCUT2D eigenvalue weighted by atomic mass is 16.5. The van der Waals surface area contributed by atoms with Crippen LogP contribution in [0.15, 0.2) is 18.5 Å². The number of pyridine rings is 1. The summed E-state index contributed by atoms with van der Waals surface area (Å²) >= 11 is 0. The third kappa shape index (κ3) is 2.35. The average molecular weight is 235 g/mol. The van der Waals surface area contributed by atoms with Crippen LogP contribution in [-0.2, 0) is 4.74 Å². The summed E-state index contributed by atoms with van der Waals surface area (Å²) in [6.45, 7) is 8.24. The van der Waals surface area contributed by atoms with Crippen LogP contribution in [0.1, 0.15) is 38.0 Å². The van der Waals surface area contributed by atoms with E-state index in [4.69, 9.17) is 4.74 Å². The fourth-order valence-corrected chi connectivity index (χ4v) is 2.80. The number of ether oxygens (including phenoxy) is 1. The largest absolute Gasteiger partial charge is 0.388 e. The summed E-state index contributed by atoms with van der Waals surface area (Å²) in [4.78, 5) is 4.14. The molecule has 3 nitrogen and oxygen atoms in total. The van der Waals surface area contributed by atoms with Crippen LogP contribution in [0.25, 0.3) is 0 Å². The lowest BCUT2D eigenvalue weighted by Crippen LogP contribution is -2.25. The zero-order valence-electron chi connectivity index (χ0n) is 10.9. The molecular formula is C14H21NO2. The molecule has 0 aromatic carbocycles. The van der Waals surface area contributed by atoms with Crippen LogP contribution >= 0.6 is 0 Å².